The predicted octanol–water partition coefficient (Wildman–Crippen LogP) is 6.69. The van der Waals surface area contributed by atoms with E-state index >= 15 is 0 Å². The van der Waals surface area contributed by atoms with E-state index in [1.165, 1.54) is 75.3 Å². The molecule has 0 bridgehead atoms. The number of aromatic carboxylic acids is 1. The molecule has 54 heavy (non-hydrogen) atoms. The van der Waals surface area contributed by atoms with Crippen molar-refractivity contribution in [3.63, 3.8) is 0 Å². The van der Waals surface area contributed by atoms with E-state index in [-0.39, 0.29) is 21.9 Å². The van der Waals surface area contributed by atoms with Crippen LogP contribution in [0.25, 0.3) is 32.7 Å². The second-order valence-corrected chi connectivity index (χ2v) is 13.5. The quantitative estimate of drug-likeness (QED) is 0.121. The van der Waals surface area contributed by atoms with Crippen molar-refractivity contribution in [2.45, 2.75) is 52.9 Å². The average Bonchev–Trinajstić information content (AvgIpc) is 3.70. The van der Waals surface area contributed by atoms with Crippen LogP contribution in [-0.4, -0.2) is 106 Å². The van der Waals surface area contributed by atoms with Gasteiger partial charge in [0.1, 0.15) is 27.7 Å². The Morgan fingerprint density at radius 3 is 2.54 bits per heavy atom. The van der Waals surface area contributed by atoms with Gasteiger partial charge < -0.3 is 25.0 Å². The number of thiazole rings is 1. The number of piperidine rings is 1. The zero-order valence-corrected chi connectivity index (χ0v) is 32.1. The van der Waals surface area contributed by atoms with Crippen molar-refractivity contribution < 1.29 is 28.2 Å². The molecule has 4 N–H and O–H groups in total. The lowest BCUT2D eigenvalue weighted by Crippen LogP contribution is -2.44. The summed E-state index contributed by atoms with van der Waals surface area (Å²) in [5.41, 5.74) is -0.476. The highest BCUT2D eigenvalue weighted by molar-refractivity contribution is 7.13. The van der Waals surface area contributed by atoms with E-state index in [0.29, 0.717) is 29.3 Å². The molecule has 0 radical (unpaired) electrons. The lowest BCUT2D eigenvalue weighted by atomic mass is 9.96. The minimum atomic E-state index is -3.35. The maximum Gasteiger partial charge on any atom is 0.341 e. The van der Waals surface area contributed by atoms with E-state index in [9.17, 15) is 28.3 Å². The summed E-state index contributed by atoms with van der Waals surface area (Å²) in [6, 6.07) is 2.38. The number of carboxylic acid groups (broad SMARTS) is 1. The third-order valence-corrected chi connectivity index (χ3v) is 9.98. The fourth-order valence-electron chi connectivity index (χ4n) is 6.11. The van der Waals surface area contributed by atoms with E-state index in [1.807, 2.05) is 13.8 Å². The summed E-state index contributed by atoms with van der Waals surface area (Å²) in [7, 11) is 0. The van der Waals surface area contributed by atoms with Gasteiger partial charge in [0.05, 0.1) is 18.6 Å². The number of H-pyrrole nitrogens is 1. The predicted molar refractivity (Wildman–Crippen MR) is 209 cm³/mol. The van der Waals surface area contributed by atoms with Gasteiger partial charge in [0.15, 0.2) is 0 Å². The van der Waals surface area contributed by atoms with Crippen molar-refractivity contribution in [1.82, 2.24) is 35.1 Å². The van der Waals surface area contributed by atoms with Crippen LogP contribution in [0.4, 0.5) is 19.4 Å². The fraction of sp³-hybridized carbons (Fsp3) is 0.474. The van der Waals surface area contributed by atoms with Crippen LogP contribution >= 0.6 is 11.3 Å². The molecule has 2 aliphatic rings. The molecule has 292 valence electrons. The molecule has 2 saturated heterocycles. The van der Waals surface area contributed by atoms with E-state index in [4.69, 9.17) is 4.74 Å². The Bertz CT molecular complexity index is 1930. The number of fused-ring (bicyclic) bond motifs is 1. The number of likely N-dealkylation sites (tertiary alicyclic amines) is 1. The molecule has 0 spiro atoms. The number of amides is 2. The Morgan fingerprint density at radius 2 is 1.85 bits per heavy atom. The maximum absolute atomic E-state index is 14.1. The molecular formula is C38H50F2N8O5S. The maximum atomic E-state index is 14.1. The SMILES string of the molecule is C=CC(F)(F)c1csc(-c2cc(NC(=O)NCC)ncc2-c2cnc3[nH]cc(C(=O)O)c(=O)c3c2)n1.CC.CCC1CCCN(CCN2CCOCC2)C1. The number of halogens is 2. The first-order valence-electron chi connectivity index (χ1n) is 18.3. The molecule has 4 aromatic heterocycles. The molecule has 1 unspecified atom stereocenters. The molecule has 4 aromatic rings. The number of allylic oxidation sites excluding steroid dienone is 1. The number of pyridine rings is 3. The van der Waals surface area contributed by atoms with Gasteiger partial charge in [-0.05, 0) is 50.4 Å². The summed E-state index contributed by atoms with van der Waals surface area (Å²) in [5.74, 6) is -3.66. The number of aromatic amines is 1. The fourth-order valence-corrected chi connectivity index (χ4v) is 6.99. The molecule has 16 heteroatoms. The highest BCUT2D eigenvalue weighted by atomic mass is 32.1. The molecule has 2 fully saturated rings. The molecule has 6 rings (SSSR count). The Balaban J connectivity index is 0.000000300. The number of carbonyl (C=O) groups is 2. The molecular weight excluding hydrogens is 719 g/mol. The Labute approximate surface area is 317 Å². The van der Waals surface area contributed by atoms with Gasteiger partial charge >= 0.3 is 17.9 Å². The van der Waals surface area contributed by atoms with Gasteiger partial charge in [0, 0.05) is 79.9 Å². The summed E-state index contributed by atoms with van der Waals surface area (Å²) in [6.45, 7) is 20.9. The first-order chi connectivity index (χ1) is 26.0. The van der Waals surface area contributed by atoms with Crippen LogP contribution in [0.2, 0.25) is 0 Å². The third-order valence-electron chi connectivity index (χ3n) is 9.10. The van der Waals surface area contributed by atoms with E-state index in [1.54, 1.807) is 6.92 Å². The summed E-state index contributed by atoms with van der Waals surface area (Å²) >= 11 is 0.944. The lowest BCUT2D eigenvalue weighted by molar-refractivity contribution is 0.0308. The zero-order valence-electron chi connectivity index (χ0n) is 31.3. The van der Waals surface area contributed by atoms with Crippen molar-refractivity contribution in [3.8, 4) is 21.7 Å². The van der Waals surface area contributed by atoms with Gasteiger partial charge in [-0.3, -0.25) is 15.0 Å². The van der Waals surface area contributed by atoms with Crippen LogP contribution in [-0.2, 0) is 10.7 Å². The van der Waals surface area contributed by atoms with E-state index in [2.05, 4.69) is 53.9 Å². The number of morpholine rings is 1. The van der Waals surface area contributed by atoms with Crippen LogP contribution in [0.3, 0.4) is 0 Å². The number of nitrogens with zero attached hydrogens (tertiary/aromatic N) is 5. The molecule has 0 aromatic carbocycles. The number of hydrogen-bond acceptors (Lipinski definition) is 10. The van der Waals surface area contributed by atoms with Gasteiger partial charge in [-0.2, -0.15) is 8.78 Å². The van der Waals surface area contributed by atoms with Crippen LogP contribution in [0.1, 0.15) is 63.0 Å². The molecule has 1 atom stereocenters. The van der Waals surface area contributed by atoms with Gasteiger partial charge in [0.25, 0.3) is 0 Å². The van der Waals surface area contributed by atoms with Crippen molar-refractivity contribution in [1.29, 1.82) is 0 Å². The number of aromatic nitrogens is 4. The number of carboxylic acids is 1. The van der Waals surface area contributed by atoms with E-state index in [0.717, 1.165) is 49.8 Å². The van der Waals surface area contributed by atoms with Crippen LogP contribution in [0.5, 0.6) is 0 Å². The smallest absolute Gasteiger partial charge is 0.341 e. The Morgan fingerprint density at radius 1 is 1.11 bits per heavy atom. The van der Waals surface area contributed by atoms with Gasteiger partial charge in [-0.1, -0.05) is 33.8 Å². The van der Waals surface area contributed by atoms with Gasteiger partial charge in [-0.15, -0.1) is 11.3 Å². The Hall–Kier alpha value is -4.64. The summed E-state index contributed by atoms with van der Waals surface area (Å²) in [6.07, 6.45) is 8.55. The number of ether oxygens (including phenoxy) is 1. The lowest BCUT2D eigenvalue weighted by Gasteiger charge is -2.34. The number of nitrogens with one attached hydrogen (secondary N) is 3. The molecule has 2 aliphatic heterocycles. The zero-order chi connectivity index (χ0) is 39.3. The highest BCUT2D eigenvalue weighted by Gasteiger charge is 2.31. The van der Waals surface area contributed by atoms with Crippen LogP contribution in [0, 0.1) is 5.92 Å². The van der Waals surface area contributed by atoms with Gasteiger partial charge in [-0.25, -0.2) is 24.5 Å². The normalized spacial score (nSPS) is 16.4. The summed E-state index contributed by atoms with van der Waals surface area (Å²) < 4.78 is 33.7. The summed E-state index contributed by atoms with van der Waals surface area (Å²) in [4.78, 5) is 56.4. The molecule has 2 amide bonds. The van der Waals surface area contributed by atoms with Crippen LogP contribution in [0.15, 0.2) is 53.6 Å². The average molecular weight is 769 g/mol. The minimum absolute atomic E-state index is 0.0147. The Kier molecular flexibility index (Phi) is 15.7. The third kappa shape index (κ3) is 11.0. The standard InChI is InChI=1S/C23H18F2N6O4S.C13H26N2O.C2H6/c1-3-23(24,25)16-10-36-20(30-16)12-6-17(31-22(35)26-4-2)27-8-14(12)11-5-13-18(32)15(21(33)34)9-29-19(13)28-7-11;1-2-13-4-3-5-15(12-13)7-6-14-8-10-16-11-9-14;1-2/h3,5-10H,1,4H2,2H3,(H,33,34)(H,28,29,32)(H2,26,27,31,35);13H,2-12H2,1H3;1-2H3. The second-order valence-electron chi connectivity index (χ2n) is 12.6. The molecule has 0 saturated carbocycles. The number of hydrogen-bond donors (Lipinski definition) is 4. The number of anilines is 1. The topological polar surface area (TPSA) is 166 Å². The number of alkyl halides is 2. The summed E-state index contributed by atoms with van der Waals surface area (Å²) in [5, 5.41) is 15.8. The largest absolute Gasteiger partial charge is 0.477 e. The van der Waals surface area contributed by atoms with E-state index < -0.39 is 34.6 Å². The number of rotatable bonds is 11. The monoisotopic (exact) mass is 768 g/mol. The van der Waals surface area contributed by atoms with Crippen molar-refractivity contribution in [3.05, 3.63) is 70.2 Å². The first kappa shape index (κ1) is 42.1. The van der Waals surface area contributed by atoms with Crippen molar-refractivity contribution in [2.24, 2.45) is 5.92 Å². The second kappa shape index (κ2) is 20.2. The van der Waals surface area contributed by atoms with Crippen molar-refractivity contribution >= 4 is 40.2 Å². The van der Waals surface area contributed by atoms with Crippen molar-refractivity contribution in [2.75, 3.05) is 64.3 Å². The molecule has 6 heterocycles. The minimum Gasteiger partial charge on any atom is -0.477 e. The molecule has 0 aliphatic carbocycles. The highest BCUT2D eigenvalue weighted by Crippen LogP contribution is 2.38. The number of carbonyl (C=O) groups excluding carboxylic acids is 1. The first-order valence-corrected chi connectivity index (χ1v) is 19.2. The van der Waals surface area contributed by atoms with Crippen LogP contribution < -0.4 is 16.1 Å². The molecule has 13 nitrogen and oxygen atoms in total. The van der Waals surface area contributed by atoms with Gasteiger partial charge in [0.2, 0.25) is 5.43 Å². The number of urea groups is 1.